The molecule has 2 nitrogen and oxygen atoms in total. The van der Waals surface area contributed by atoms with Gasteiger partial charge in [0.05, 0.1) is 6.42 Å². The van der Waals surface area contributed by atoms with Crippen molar-refractivity contribution in [2.75, 3.05) is 0 Å². The van der Waals surface area contributed by atoms with Gasteiger partial charge in [0.15, 0.2) is 5.78 Å². The van der Waals surface area contributed by atoms with Crippen molar-refractivity contribution in [2.24, 2.45) is 0 Å². The Morgan fingerprint density at radius 1 is 1.20 bits per heavy atom. The molecule has 0 spiro atoms. The molecule has 104 valence electrons. The van der Waals surface area contributed by atoms with Crippen LogP contribution in [0.4, 0.5) is 0 Å². The van der Waals surface area contributed by atoms with Gasteiger partial charge in [0.25, 0.3) is 0 Å². The standard InChI is InChI=1S/C17H18BrNO/c1-4-13-5-6-15(19-10-13)9-16(20)14-7-11(2)17(18)12(3)8-14/h5-8,10H,4,9H2,1-3H3. The molecule has 0 fully saturated rings. The highest BCUT2D eigenvalue weighted by molar-refractivity contribution is 9.10. The lowest BCUT2D eigenvalue weighted by atomic mass is 10.0. The van der Waals surface area contributed by atoms with Crippen LogP contribution in [0.1, 0.15) is 39.7 Å². The molecule has 0 atom stereocenters. The minimum Gasteiger partial charge on any atom is -0.294 e. The molecule has 1 aromatic heterocycles. The number of aromatic nitrogens is 1. The van der Waals surface area contributed by atoms with E-state index in [0.717, 1.165) is 33.3 Å². The minimum atomic E-state index is 0.112. The molecule has 2 aromatic rings. The maximum absolute atomic E-state index is 12.3. The number of ketones is 1. The fourth-order valence-corrected chi connectivity index (χ4v) is 2.37. The van der Waals surface area contributed by atoms with Gasteiger partial charge in [0.2, 0.25) is 0 Å². The first-order valence-corrected chi connectivity index (χ1v) is 7.54. The average Bonchev–Trinajstić information content (AvgIpc) is 2.45. The summed E-state index contributed by atoms with van der Waals surface area (Å²) in [5.74, 6) is 0.112. The summed E-state index contributed by atoms with van der Waals surface area (Å²) in [4.78, 5) is 16.7. The van der Waals surface area contributed by atoms with Gasteiger partial charge in [0, 0.05) is 21.9 Å². The molecule has 0 bridgehead atoms. The molecule has 0 radical (unpaired) electrons. The molecular formula is C17H18BrNO. The van der Waals surface area contributed by atoms with Crippen LogP contribution in [-0.2, 0) is 12.8 Å². The zero-order valence-electron chi connectivity index (χ0n) is 12.0. The molecule has 1 aromatic carbocycles. The summed E-state index contributed by atoms with van der Waals surface area (Å²) in [7, 11) is 0. The highest BCUT2D eigenvalue weighted by atomic mass is 79.9. The Hall–Kier alpha value is -1.48. The molecule has 0 saturated carbocycles. The lowest BCUT2D eigenvalue weighted by Crippen LogP contribution is -2.06. The Bertz CT molecular complexity index is 609. The summed E-state index contributed by atoms with van der Waals surface area (Å²) in [5.41, 5.74) is 4.94. The molecule has 3 heteroatoms. The quantitative estimate of drug-likeness (QED) is 0.775. The topological polar surface area (TPSA) is 30.0 Å². The molecule has 2 rings (SSSR count). The Balaban J connectivity index is 2.19. The van der Waals surface area contributed by atoms with Crippen LogP contribution in [0.2, 0.25) is 0 Å². The van der Waals surface area contributed by atoms with E-state index in [0.29, 0.717) is 6.42 Å². The van der Waals surface area contributed by atoms with Crippen LogP contribution in [0.15, 0.2) is 34.9 Å². The van der Waals surface area contributed by atoms with Gasteiger partial charge in [-0.1, -0.05) is 28.9 Å². The molecule has 0 saturated heterocycles. The Kier molecular flexibility index (Phi) is 4.71. The van der Waals surface area contributed by atoms with Gasteiger partial charge in [-0.3, -0.25) is 9.78 Å². The fraction of sp³-hybridized carbons (Fsp3) is 0.294. The highest BCUT2D eigenvalue weighted by Gasteiger charge is 2.11. The number of benzene rings is 1. The van der Waals surface area contributed by atoms with Gasteiger partial charge in [0.1, 0.15) is 0 Å². The molecular weight excluding hydrogens is 314 g/mol. The van der Waals surface area contributed by atoms with Gasteiger partial charge in [-0.25, -0.2) is 0 Å². The zero-order chi connectivity index (χ0) is 14.7. The summed E-state index contributed by atoms with van der Waals surface area (Å²) in [5, 5.41) is 0. The number of hydrogen-bond donors (Lipinski definition) is 0. The smallest absolute Gasteiger partial charge is 0.168 e. The number of pyridine rings is 1. The van der Waals surface area contributed by atoms with Crippen LogP contribution in [0.25, 0.3) is 0 Å². The van der Waals surface area contributed by atoms with E-state index in [9.17, 15) is 4.79 Å². The number of carbonyl (C=O) groups is 1. The molecule has 0 amide bonds. The van der Waals surface area contributed by atoms with E-state index in [1.807, 2.05) is 44.3 Å². The van der Waals surface area contributed by atoms with Crippen molar-refractivity contribution in [3.05, 3.63) is 62.9 Å². The second kappa shape index (κ2) is 6.31. The van der Waals surface area contributed by atoms with E-state index in [2.05, 4.69) is 27.8 Å². The second-order valence-corrected chi connectivity index (χ2v) is 5.83. The zero-order valence-corrected chi connectivity index (χ0v) is 13.6. The second-order valence-electron chi connectivity index (χ2n) is 5.04. The van der Waals surface area contributed by atoms with Crippen molar-refractivity contribution in [2.45, 2.75) is 33.6 Å². The van der Waals surface area contributed by atoms with Crippen molar-refractivity contribution in [3.63, 3.8) is 0 Å². The molecule has 0 unspecified atom stereocenters. The maximum atomic E-state index is 12.3. The van der Waals surface area contributed by atoms with Gasteiger partial charge in [-0.05, 0) is 55.2 Å². The molecule has 1 heterocycles. The molecule has 0 aliphatic heterocycles. The Morgan fingerprint density at radius 3 is 2.35 bits per heavy atom. The first-order valence-electron chi connectivity index (χ1n) is 6.75. The van der Waals surface area contributed by atoms with E-state index in [-0.39, 0.29) is 5.78 Å². The summed E-state index contributed by atoms with van der Waals surface area (Å²) >= 11 is 3.52. The molecule has 0 N–H and O–H groups in total. The lowest BCUT2D eigenvalue weighted by Gasteiger charge is -2.07. The van der Waals surface area contributed by atoms with Crippen molar-refractivity contribution in [1.82, 2.24) is 4.98 Å². The monoisotopic (exact) mass is 331 g/mol. The number of nitrogens with zero attached hydrogens (tertiary/aromatic N) is 1. The van der Waals surface area contributed by atoms with E-state index in [1.165, 1.54) is 5.56 Å². The Morgan fingerprint density at radius 2 is 1.85 bits per heavy atom. The summed E-state index contributed by atoms with van der Waals surface area (Å²) in [6.07, 6.45) is 3.16. The summed E-state index contributed by atoms with van der Waals surface area (Å²) < 4.78 is 1.07. The Labute approximate surface area is 128 Å². The van der Waals surface area contributed by atoms with Crippen LogP contribution < -0.4 is 0 Å². The van der Waals surface area contributed by atoms with Gasteiger partial charge >= 0.3 is 0 Å². The third kappa shape index (κ3) is 3.34. The number of aryl methyl sites for hydroxylation is 3. The van der Waals surface area contributed by atoms with Gasteiger partial charge in [-0.2, -0.15) is 0 Å². The lowest BCUT2D eigenvalue weighted by molar-refractivity contribution is 0.0991. The summed E-state index contributed by atoms with van der Waals surface area (Å²) in [6, 6.07) is 7.84. The molecule has 20 heavy (non-hydrogen) atoms. The highest BCUT2D eigenvalue weighted by Crippen LogP contribution is 2.23. The normalized spacial score (nSPS) is 10.6. The van der Waals surface area contributed by atoms with Crippen LogP contribution in [0.3, 0.4) is 0 Å². The molecule has 0 aliphatic rings. The SMILES string of the molecule is CCc1ccc(CC(=O)c2cc(C)c(Br)c(C)c2)nc1. The first kappa shape index (κ1) is 14.9. The first-order chi connectivity index (χ1) is 9.51. The van der Waals surface area contributed by atoms with E-state index in [4.69, 9.17) is 0 Å². The van der Waals surface area contributed by atoms with Crippen LogP contribution >= 0.6 is 15.9 Å². The average molecular weight is 332 g/mol. The third-order valence-electron chi connectivity index (χ3n) is 3.39. The van der Waals surface area contributed by atoms with E-state index in [1.54, 1.807) is 0 Å². The van der Waals surface area contributed by atoms with Crippen LogP contribution in [0, 0.1) is 13.8 Å². The number of rotatable bonds is 4. The number of carbonyl (C=O) groups excluding carboxylic acids is 1. The largest absolute Gasteiger partial charge is 0.294 e. The predicted molar refractivity (Wildman–Crippen MR) is 85.3 cm³/mol. The van der Waals surface area contributed by atoms with E-state index >= 15 is 0 Å². The van der Waals surface area contributed by atoms with Crippen LogP contribution in [-0.4, -0.2) is 10.8 Å². The van der Waals surface area contributed by atoms with Crippen LogP contribution in [0.5, 0.6) is 0 Å². The van der Waals surface area contributed by atoms with Crippen molar-refractivity contribution in [1.29, 1.82) is 0 Å². The van der Waals surface area contributed by atoms with Gasteiger partial charge in [-0.15, -0.1) is 0 Å². The van der Waals surface area contributed by atoms with Crippen molar-refractivity contribution in [3.8, 4) is 0 Å². The van der Waals surface area contributed by atoms with E-state index < -0.39 is 0 Å². The third-order valence-corrected chi connectivity index (χ3v) is 4.65. The van der Waals surface area contributed by atoms with Crippen molar-refractivity contribution < 1.29 is 4.79 Å². The van der Waals surface area contributed by atoms with Gasteiger partial charge < -0.3 is 0 Å². The number of Topliss-reactive ketones (excluding diaryl/α,β-unsaturated/α-hetero) is 1. The summed E-state index contributed by atoms with van der Waals surface area (Å²) in [6.45, 7) is 6.10. The minimum absolute atomic E-state index is 0.112. The molecule has 0 aliphatic carbocycles. The number of halogens is 1. The number of hydrogen-bond acceptors (Lipinski definition) is 2. The predicted octanol–water partition coefficient (Wildman–Crippen LogP) is 4.45. The maximum Gasteiger partial charge on any atom is 0.168 e. The van der Waals surface area contributed by atoms with Crippen molar-refractivity contribution >= 4 is 21.7 Å². The fourth-order valence-electron chi connectivity index (χ4n) is 2.14.